The van der Waals surface area contributed by atoms with Gasteiger partial charge in [-0.05, 0) is 36.2 Å². The number of carbonyl (C=O) groups is 2. The van der Waals surface area contributed by atoms with E-state index < -0.39 is 5.97 Å². The lowest BCUT2D eigenvalue weighted by Gasteiger charge is -2.13. The van der Waals surface area contributed by atoms with Crippen molar-refractivity contribution >= 4 is 17.6 Å². The highest BCUT2D eigenvalue weighted by Gasteiger charge is 2.09. The fourth-order valence-corrected chi connectivity index (χ4v) is 2.21. The highest BCUT2D eigenvalue weighted by Crippen LogP contribution is 2.16. The molecule has 0 bridgehead atoms. The summed E-state index contributed by atoms with van der Waals surface area (Å²) in [6.45, 7) is 1.71. The molecular weight excluding hydrogens is 332 g/mol. The lowest BCUT2D eigenvalue weighted by molar-refractivity contribution is -0.150. The summed E-state index contributed by atoms with van der Waals surface area (Å²) in [5.74, 6) is -0.320. The molecule has 0 aliphatic rings. The second-order valence-corrected chi connectivity index (χ2v) is 6.05. The van der Waals surface area contributed by atoms with Gasteiger partial charge in [-0.2, -0.15) is 0 Å². The van der Waals surface area contributed by atoms with E-state index in [0.717, 1.165) is 16.8 Å². The van der Waals surface area contributed by atoms with Gasteiger partial charge in [0.05, 0.1) is 0 Å². The first-order chi connectivity index (χ1) is 12.5. The van der Waals surface area contributed by atoms with Crippen LogP contribution in [0.2, 0.25) is 0 Å². The third kappa shape index (κ3) is 6.12. The molecule has 0 spiro atoms. The Morgan fingerprint density at radius 3 is 2.35 bits per heavy atom. The van der Waals surface area contributed by atoms with Crippen LogP contribution in [-0.2, 0) is 20.9 Å². The van der Waals surface area contributed by atoms with Gasteiger partial charge in [0.15, 0.2) is 13.2 Å². The largest absolute Gasteiger partial charge is 0.482 e. The predicted octanol–water partition coefficient (Wildman–Crippen LogP) is 2.30. The summed E-state index contributed by atoms with van der Waals surface area (Å²) in [5, 5.41) is 2.72. The molecule has 2 rings (SSSR count). The van der Waals surface area contributed by atoms with Crippen LogP contribution in [0.5, 0.6) is 5.75 Å². The summed E-state index contributed by atoms with van der Waals surface area (Å²) in [5.41, 5.74) is 2.99. The molecule has 138 valence electrons. The maximum Gasteiger partial charge on any atom is 0.344 e. The molecule has 0 unspecified atom stereocenters. The average Bonchev–Trinajstić information content (AvgIpc) is 2.64. The SMILES string of the molecule is Cc1ccccc1OCC(=O)OCC(=O)NCc1ccc(N(C)C)cc1. The van der Waals surface area contributed by atoms with Crippen LogP contribution < -0.4 is 15.0 Å². The third-order valence-electron chi connectivity index (χ3n) is 3.75. The van der Waals surface area contributed by atoms with Crippen LogP contribution in [0.25, 0.3) is 0 Å². The molecule has 26 heavy (non-hydrogen) atoms. The molecule has 2 aromatic carbocycles. The van der Waals surface area contributed by atoms with Gasteiger partial charge in [-0.3, -0.25) is 4.79 Å². The molecule has 1 N–H and O–H groups in total. The fraction of sp³-hybridized carbons (Fsp3) is 0.300. The molecule has 0 heterocycles. The van der Waals surface area contributed by atoms with Gasteiger partial charge in [0.2, 0.25) is 0 Å². The van der Waals surface area contributed by atoms with E-state index in [0.29, 0.717) is 12.3 Å². The minimum Gasteiger partial charge on any atom is -0.482 e. The maximum absolute atomic E-state index is 11.8. The fourth-order valence-electron chi connectivity index (χ4n) is 2.21. The zero-order chi connectivity index (χ0) is 18.9. The number of aryl methyl sites for hydroxylation is 1. The zero-order valence-corrected chi connectivity index (χ0v) is 15.3. The second-order valence-electron chi connectivity index (χ2n) is 6.05. The first kappa shape index (κ1) is 19.3. The van der Waals surface area contributed by atoms with E-state index in [2.05, 4.69) is 5.32 Å². The smallest absolute Gasteiger partial charge is 0.344 e. The van der Waals surface area contributed by atoms with Crippen molar-refractivity contribution < 1.29 is 19.1 Å². The molecule has 0 fully saturated rings. The normalized spacial score (nSPS) is 10.1. The van der Waals surface area contributed by atoms with Crippen LogP contribution in [0, 0.1) is 6.92 Å². The zero-order valence-electron chi connectivity index (χ0n) is 15.3. The Morgan fingerprint density at radius 1 is 1.00 bits per heavy atom. The number of esters is 1. The Hall–Kier alpha value is -3.02. The van der Waals surface area contributed by atoms with E-state index in [-0.39, 0.29) is 19.1 Å². The first-order valence-electron chi connectivity index (χ1n) is 8.32. The molecule has 0 aromatic heterocycles. The number of nitrogens with zero attached hydrogens (tertiary/aromatic N) is 1. The molecule has 0 aliphatic carbocycles. The summed E-state index contributed by atoms with van der Waals surface area (Å²) in [7, 11) is 3.93. The molecule has 0 aliphatic heterocycles. The number of para-hydroxylation sites is 1. The molecule has 6 heteroatoms. The van der Waals surface area contributed by atoms with Gasteiger partial charge in [-0.25, -0.2) is 4.79 Å². The summed E-state index contributed by atoms with van der Waals surface area (Å²) in [4.78, 5) is 25.5. The molecule has 0 radical (unpaired) electrons. The third-order valence-corrected chi connectivity index (χ3v) is 3.75. The Bertz CT molecular complexity index is 742. The van der Waals surface area contributed by atoms with Crippen molar-refractivity contribution in [3.63, 3.8) is 0 Å². The van der Waals surface area contributed by atoms with Crippen molar-refractivity contribution in [1.29, 1.82) is 0 Å². The minimum absolute atomic E-state index is 0.232. The van der Waals surface area contributed by atoms with Gasteiger partial charge in [-0.15, -0.1) is 0 Å². The number of ether oxygens (including phenoxy) is 2. The van der Waals surface area contributed by atoms with E-state index in [1.165, 1.54) is 0 Å². The van der Waals surface area contributed by atoms with E-state index >= 15 is 0 Å². The van der Waals surface area contributed by atoms with Gasteiger partial charge in [0.25, 0.3) is 5.91 Å². The van der Waals surface area contributed by atoms with Crippen molar-refractivity contribution in [3.05, 3.63) is 59.7 Å². The first-order valence-corrected chi connectivity index (χ1v) is 8.32. The number of carbonyl (C=O) groups excluding carboxylic acids is 2. The lowest BCUT2D eigenvalue weighted by atomic mass is 10.2. The molecule has 0 atom stereocenters. The lowest BCUT2D eigenvalue weighted by Crippen LogP contribution is -2.29. The van der Waals surface area contributed by atoms with Crippen LogP contribution in [-0.4, -0.2) is 39.2 Å². The van der Waals surface area contributed by atoms with Crippen LogP contribution in [0.3, 0.4) is 0 Å². The summed E-state index contributed by atoms with van der Waals surface area (Å²) in [6, 6.07) is 15.2. The molecule has 2 aromatic rings. The highest BCUT2D eigenvalue weighted by molar-refractivity contribution is 5.80. The molecule has 1 amide bonds. The average molecular weight is 356 g/mol. The van der Waals surface area contributed by atoms with Gasteiger partial charge in [-0.1, -0.05) is 30.3 Å². The van der Waals surface area contributed by atoms with Crippen LogP contribution in [0.15, 0.2) is 48.5 Å². The molecular formula is C20H24N2O4. The highest BCUT2D eigenvalue weighted by atomic mass is 16.6. The van der Waals surface area contributed by atoms with Gasteiger partial charge in [0.1, 0.15) is 5.75 Å². The predicted molar refractivity (Wildman–Crippen MR) is 100 cm³/mol. The quantitative estimate of drug-likeness (QED) is 0.735. The molecule has 6 nitrogen and oxygen atoms in total. The van der Waals surface area contributed by atoms with E-state index in [4.69, 9.17) is 9.47 Å². The van der Waals surface area contributed by atoms with Crippen molar-refractivity contribution in [2.75, 3.05) is 32.2 Å². The van der Waals surface area contributed by atoms with Crippen molar-refractivity contribution in [1.82, 2.24) is 5.32 Å². The van der Waals surface area contributed by atoms with Gasteiger partial charge < -0.3 is 19.7 Å². The maximum atomic E-state index is 11.8. The summed E-state index contributed by atoms with van der Waals surface area (Å²) < 4.78 is 10.3. The molecule has 0 saturated carbocycles. The number of benzene rings is 2. The standard InChI is InChI=1S/C20H24N2O4/c1-15-6-4-5-7-18(15)25-14-20(24)26-13-19(23)21-12-16-8-10-17(11-9-16)22(2)3/h4-11H,12-14H2,1-3H3,(H,21,23). The second kappa shape index (κ2) is 9.46. The van der Waals surface area contributed by atoms with E-state index in [1.807, 2.05) is 68.4 Å². The topological polar surface area (TPSA) is 67.9 Å². The Labute approximate surface area is 153 Å². The molecule has 0 saturated heterocycles. The van der Waals surface area contributed by atoms with Crippen molar-refractivity contribution in [2.45, 2.75) is 13.5 Å². The number of hydrogen-bond donors (Lipinski definition) is 1. The Kier molecular flexibility index (Phi) is 7.02. The Morgan fingerprint density at radius 2 is 1.69 bits per heavy atom. The van der Waals surface area contributed by atoms with Gasteiger partial charge in [0, 0.05) is 26.3 Å². The summed E-state index contributed by atoms with van der Waals surface area (Å²) >= 11 is 0. The number of hydrogen-bond acceptors (Lipinski definition) is 5. The van der Waals surface area contributed by atoms with Crippen LogP contribution >= 0.6 is 0 Å². The number of rotatable bonds is 8. The Balaban J connectivity index is 1.68. The van der Waals surface area contributed by atoms with E-state index in [9.17, 15) is 9.59 Å². The van der Waals surface area contributed by atoms with Crippen molar-refractivity contribution in [3.8, 4) is 5.75 Å². The summed E-state index contributed by atoms with van der Waals surface area (Å²) in [6.07, 6.45) is 0. The number of anilines is 1. The number of amides is 1. The monoisotopic (exact) mass is 356 g/mol. The van der Waals surface area contributed by atoms with Gasteiger partial charge >= 0.3 is 5.97 Å². The van der Waals surface area contributed by atoms with Crippen LogP contribution in [0.1, 0.15) is 11.1 Å². The van der Waals surface area contributed by atoms with Crippen LogP contribution in [0.4, 0.5) is 5.69 Å². The number of nitrogens with one attached hydrogen (secondary N) is 1. The van der Waals surface area contributed by atoms with Crippen molar-refractivity contribution in [2.24, 2.45) is 0 Å². The van der Waals surface area contributed by atoms with E-state index in [1.54, 1.807) is 6.07 Å². The minimum atomic E-state index is -0.585.